The number of hydrogen-bond acceptors (Lipinski definition) is 9. The number of hydrogen-bond donors (Lipinski definition) is 1. The molecule has 1 aliphatic heterocycles. The van der Waals surface area contributed by atoms with E-state index in [-0.39, 0.29) is 36.0 Å². The Morgan fingerprint density at radius 1 is 1.14 bits per heavy atom. The summed E-state index contributed by atoms with van der Waals surface area (Å²) in [5, 5.41) is 2.10. The quantitative estimate of drug-likeness (QED) is 0.224. The van der Waals surface area contributed by atoms with Gasteiger partial charge in [-0.3, -0.25) is 14.7 Å². The fraction of sp³-hybridized carbons (Fsp3) is 0.786. The molecule has 0 saturated carbocycles. The van der Waals surface area contributed by atoms with Crippen LogP contribution in [0.3, 0.4) is 0 Å². The van der Waals surface area contributed by atoms with Gasteiger partial charge in [0.2, 0.25) is 6.23 Å². The lowest BCUT2D eigenvalue weighted by molar-refractivity contribution is -0.155. The van der Waals surface area contributed by atoms with Crippen molar-refractivity contribution in [3.8, 4) is 0 Å². The third-order valence-electron chi connectivity index (χ3n) is 7.86. The Morgan fingerprint density at radius 2 is 1.74 bits per heavy atom. The van der Waals surface area contributed by atoms with Crippen LogP contribution in [0, 0.1) is 0 Å². The number of rotatable bonds is 11. The highest BCUT2D eigenvalue weighted by Crippen LogP contribution is 2.46. The average Bonchev–Trinajstić information content (AvgIpc) is 3.05. The average molecular weight is 650 g/mol. The summed E-state index contributed by atoms with van der Waals surface area (Å²) in [4.78, 5) is 40.5. The maximum Gasteiger partial charge on any atom is 0.412 e. The van der Waals surface area contributed by atoms with Crippen LogP contribution in [0.4, 0.5) is 19.4 Å². The van der Waals surface area contributed by atoms with Crippen molar-refractivity contribution in [2.24, 2.45) is 0 Å². The minimum atomic E-state index is -3.60. The molecule has 1 saturated heterocycles. The normalized spacial score (nSPS) is 21.1. The van der Waals surface area contributed by atoms with Crippen LogP contribution in [0.1, 0.15) is 68.0 Å². The smallest absolute Gasteiger partial charge is 0.412 e. The second-order valence-corrected chi connectivity index (χ2v) is 23.6. The molecule has 1 aromatic heterocycles. The molecule has 1 aromatic rings. The zero-order valence-electron chi connectivity index (χ0n) is 27.5. The number of halogens is 2. The first-order chi connectivity index (χ1) is 19.4. The van der Waals surface area contributed by atoms with Crippen molar-refractivity contribution in [3.05, 3.63) is 22.7 Å². The summed E-state index contributed by atoms with van der Waals surface area (Å²) in [5.41, 5.74) is -1.70. The van der Waals surface area contributed by atoms with E-state index in [2.05, 4.69) is 10.3 Å². The monoisotopic (exact) mass is 649 g/mol. The lowest BCUT2D eigenvalue weighted by Gasteiger charge is -2.38. The Labute approximate surface area is 255 Å². The topological polar surface area (TPSA) is 127 Å². The molecule has 0 spiro atoms. The highest BCUT2D eigenvalue weighted by Gasteiger charge is 2.62. The van der Waals surface area contributed by atoms with Crippen molar-refractivity contribution in [2.75, 3.05) is 18.5 Å². The molecule has 0 aromatic carbocycles. The number of esters is 1. The number of carbonyl (C=O) groups excluding carboxylic acids is 2. The van der Waals surface area contributed by atoms with Crippen LogP contribution in [0.2, 0.25) is 36.8 Å². The van der Waals surface area contributed by atoms with E-state index in [4.69, 9.17) is 23.1 Å². The van der Waals surface area contributed by atoms with E-state index in [9.17, 15) is 14.4 Å². The number of nitrogens with zero attached hydrogens (tertiary/aromatic N) is 2. The number of carbonyl (C=O) groups is 2. The number of amides is 1. The third-order valence-corrected chi connectivity index (χ3v) is 16.0. The SMILES string of the molecule is CC(C)[Si](C)(C)O[C@@H]1[C@@H](CO[Si](C)(C)C(C)(C)C)O[C@@H](n2ccc(NC(=O)OCCC(=O)OC(C)(C)C)nc2=O)C1(F)F. The number of alkyl halides is 2. The summed E-state index contributed by atoms with van der Waals surface area (Å²) >= 11 is 0. The van der Waals surface area contributed by atoms with E-state index in [1.54, 1.807) is 20.8 Å². The molecule has 3 atom stereocenters. The highest BCUT2D eigenvalue weighted by atomic mass is 28.4. The van der Waals surface area contributed by atoms with Gasteiger partial charge in [-0.1, -0.05) is 34.6 Å². The van der Waals surface area contributed by atoms with Gasteiger partial charge in [0.25, 0.3) is 0 Å². The number of ether oxygens (including phenoxy) is 3. The van der Waals surface area contributed by atoms with Crippen LogP contribution in [0.5, 0.6) is 0 Å². The lowest BCUT2D eigenvalue weighted by Crippen LogP contribution is -2.51. The van der Waals surface area contributed by atoms with Gasteiger partial charge in [0.05, 0.1) is 13.0 Å². The first kappa shape index (κ1) is 37.0. The van der Waals surface area contributed by atoms with Crippen molar-refractivity contribution in [2.45, 2.75) is 129 Å². The van der Waals surface area contributed by atoms with Gasteiger partial charge in [-0.2, -0.15) is 13.8 Å². The minimum Gasteiger partial charge on any atom is -0.460 e. The minimum absolute atomic E-state index is 0.0444. The van der Waals surface area contributed by atoms with Gasteiger partial charge in [0.15, 0.2) is 16.6 Å². The predicted octanol–water partition coefficient (Wildman–Crippen LogP) is 6.08. The molecule has 0 radical (unpaired) electrons. The molecule has 246 valence electrons. The van der Waals surface area contributed by atoms with Crippen LogP contribution in [0.25, 0.3) is 0 Å². The molecular weight excluding hydrogens is 600 g/mol. The second-order valence-electron chi connectivity index (χ2n) is 14.2. The fourth-order valence-corrected chi connectivity index (χ4v) is 5.89. The van der Waals surface area contributed by atoms with Crippen molar-refractivity contribution in [1.82, 2.24) is 9.55 Å². The molecule has 0 bridgehead atoms. The second kappa shape index (κ2) is 13.4. The first-order valence-corrected chi connectivity index (χ1v) is 20.4. The summed E-state index contributed by atoms with van der Waals surface area (Å²) in [7, 11) is -4.91. The van der Waals surface area contributed by atoms with E-state index in [0.717, 1.165) is 6.20 Å². The zero-order chi connectivity index (χ0) is 33.2. The zero-order valence-corrected chi connectivity index (χ0v) is 29.5. The molecule has 0 unspecified atom stereocenters. The fourth-order valence-electron chi connectivity index (χ4n) is 3.64. The van der Waals surface area contributed by atoms with Gasteiger partial charge < -0.3 is 23.1 Å². The Balaban J connectivity index is 2.22. The third kappa shape index (κ3) is 9.89. The van der Waals surface area contributed by atoms with E-state index >= 15 is 8.78 Å². The van der Waals surface area contributed by atoms with Crippen molar-refractivity contribution < 1.29 is 41.4 Å². The Hall–Kier alpha value is -2.21. The van der Waals surface area contributed by atoms with Gasteiger partial charge in [0.1, 0.15) is 30.2 Å². The molecule has 0 aliphatic carbocycles. The Bertz CT molecular complexity index is 1200. The molecule has 43 heavy (non-hydrogen) atoms. The number of anilines is 1. The van der Waals surface area contributed by atoms with E-state index in [1.807, 2.05) is 60.8 Å². The number of nitrogens with one attached hydrogen (secondary N) is 1. The highest BCUT2D eigenvalue weighted by molar-refractivity contribution is 6.74. The van der Waals surface area contributed by atoms with Crippen LogP contribution in [0.15, 0.2) is 17.1 Å². The molecule has 2 rings (SSSR count). The van der Waals surface area contributed by atoms with Crippen LogP contribution in [-0.2, 0) is 27.9 Å². The molecule has 1 N–H and O–H groups in total. The van der Waals surface area contributed by atoms with Gasteiger partial charge in [-0.15, -0.1) is 0 Å². The van der Waals surface area contributed by atoms with Crippen molar-refractivity contribution in [3.63, 3.8) is 0 Å². The van der Waals surface area contributed by atoms with Gasteiger partial charge in [-0.25, -0.2) is 9.59 Å². The summed E-state index contributed by atoms with van der Waals surface area (Å²) < 4.78 is 61.1. The Kier molecular flexibility index (Phi) is 11.5. The van der Waals surface area contributed by atoms with Crippen molar-refractivity contribution >= 4 is 34.5 Å². The van der Waals surface area contributed by atoms with E-state index in [0.29, 0.717) is 4.57 Å². The van der Waals surface area contributed by atoms with Crippen molar-refractivity contribution in [1.29, 1.82) is 0 Å². The molecule has 15 heteroatoms. The standard InChI is InChI=1S/C28H49F2N3O8Si2/c1-18(2)42(9,10)41-22-19(17-38-43(11,12)27(6,7)8)39-23(28(22,29)30)33-15-13-20(31-24(33)35)32-25(36)37-16-14-21(34)40-26(3,4)5/h13,15,18-19,22-23H,14,16-17H2,1-12H3,(H,31,32,35,36)/t19-,22-,23-/m1/s1. The first-order valence-electron chi connectivity index (χ1n) is 14.5. The lowest BCUT2D eigenvalue weighted by atomic mass is 10.1. The molecule has 1 amide bonds. The molecule has 11 nitrogen and oxygen atoms in total. The summed E-state index contributed by atoms with van der Waals surface area (Å²) in [5.74, 6) is -4.36. The van der Waals surface area contributed by atoms with Crippen LogP contribution in [-0.4, -0.2) is 75.2 Å². The predicted molar refractivity (Wildman–Crippen MR) is 163 cm³/mol. The summed E-state index contributed by atoms with van der Waals surface area (Å²) in [6, 6.07) is 1.18. The van der Waals surface area contributed by atoms with Gasteiger partial charge >= 0.3 is 23.7 Å². The van der Waals surface area contributed by atoms with Gasteiger partial charge in [0, 0.05) is 6.20 Å². The van der Waals surface area contributed by atoms with Crippen LogP contribution < -0.4 is 11.0 Å². The van der Waals surface area contributed by atoms with E-state index in [1.165, 1.54) is 6.07 Å². The number of aromatic nitrogens is 2. The Morgan fingerprint density at radius 3 is 2.26 bits per heavy atom. The van der Waals surface area contributed by atoms with Gasteiger partial charge in [-0.05, 0) is 63.6 Å². The maximum absolute atomic E-state index is 16.1. The largest absolute Gasteiger partial charge is 0.460 e. The van der Waals surface area contributed by atoms with Crippen LogP contribution >= 0.6 is 0 Å². The molecular formula is C28H49F2N3O8Si2. The molecule has 2 heterocycles. The summed E-state index contributed by atoms with van der Waals surface area (Å²) in [6.07, 6.45) is -4.86. The van der Waals surface area contributed by atoms with E-state index < -0.39 is 64.3 Å². The molecule has 1 aliphatic rings. The maximum atomic E-state index is 16.1. The molecule has 1 fully saturated rings. The summed E-state index contributed by atoms with van der Waals surface area (Å²) in [6.45, 7) is 22.5.